The summed E-state index contributed by atoms with van der Waals surface area (Å²) in [6, 6.07) is 6.45. The van der Waals surface area contributed by atoms with Crippen molar-refractivity contribution in [2.75, 3.05) is 13.2 Å². The Hall–Kier alpha value is -2.70. The summed E-state index contributed by atoms with van der Waals surface area (Å²) in [5, 5.41) is 9.90. The van der Waals surface area contributed by atoms with Gasteiger partial charge >= 0.3 is 5.97 Å². The topological polar surface area (TPSA) is 87.8 Å². The lowest BCUT2D eigenvalue weighted by molar-refractivity contribution is -0.143. The number of likely N-dealkylation sites (tertiary alicyclic amines) is 1. The van der Waals surface area contributed by atoms with Gasteiger partial charge in [0.05, 0.1) is 12.7 Å². The molecular weight excluding hydrogens is 485 g/mol. The number of hydrogen-bond acceptors (Lipinski definition) is 4. The minimum absolute atomic E-state index is 0.0435. The van der Waals surface area contributed by atoms with E-state index in [0.29, 0.717) is 29.3 Å². The summed E-state index contributed by atoms with van der Waals surface area (Å²) in [7, 11) is 0. The van der Waals surface area contributed by atoms with E-state index < -0.39 is 12.0 Å². The van der Waals surface area contributed by atoms with Gasteiger partial charge in [0, 0.05) is 24.3 Å². The Labute approximate surface area is 223 Å². The van der Waals surface area contributed by atoms with Crippen LogP contribution in [-0.4, -0.2) is 46.9 Å². The zero-order chi connectivity index (χ0) is 26.8. The fourth-order valence-electron chi connectivity index (χ4n) is 7.44. The van der Waals surface area contributed by atoms with Gasteiger partial charge in [-0.25, -0.2) is 4.79 Å². The van der Waals surface area contributed by atoms with Crippen molar-refractivity contribution in [1.29, 1.82) is 0 Å². The van der Waals surface area contributed by atoms with Crippen molar-refractivity contribution in [3.63, 3.8) is 0 Å². The molecule has 1 saturated heterocycles. The van der Waals surface area contributed by atoms with Gasteiger partial charge in [-0.2, -0.15) is 0 Å². The fourth-order valence-corrected chi connectivity index (χ4v) is 7.44. The molecule has 2 saturated carbocycles. The van der Waals surface area contributed by atoms with Crippen LogP contribution in [-0.2, 0) is 16.0 Å². The van der Waals surface area contributed by atoms with E-state index in [1.54, 1.807) is 6.07 Å². The van der Waals surface area contributed by atoms with Crippen LogP contribution in [0, 0.1) is 29.6 Å². The fraction of sp³-hybridized carbons (Fsp3) is 0.645. The summed E-state index contributed by atoms with van der Waals surface area (Å²) in [4.78, 5) is 41.0. The number of nitrogens with zero attached hydrogens (tertiary/aromatic N) is 1. The first-order chi connectivity index (χ1) is 18.4. The maximum absolute atomic E-state index is 13.9. The predicted octanol–water partition coefficient (Wildman–Crippen LogP) is 6.45. The average molecular weight is 526 g/mol. The Balaban J connectivity index is 1.34. The second-order valence-corrected chi connectivity index (χ2v) is 12.0. The van der Waals surface area contributed by atoms with Crippen LogP contribution in [0.15, 0.2) is 28.7 Å². The third-order valence-corrected chi connectivity index (χ3v) is 9.65. The van der Waals surface area contributed by atoms with E-state index in [1.165, 1.54) is 25.3 Å². The predicted molar refractivity (Wildman–Crippen MR) is 143 cm³/mol. The molecule has 206 valence electrons. The highest BCUT2D eigenvalue weighted by Gasteiger charge is 2.46. The lowest BCUT2D eigenvalue weighted by Gasteiger charge is -2.37. The van der Waals surface area contributed by atoms with E-state index >= 15 is 0 Å². The molecule has 3 atom stereocenters. The number of Topliss-reactive ketones (excluding diaryl/α,β-unsaturated/α-hetero) is 1. The van der Waals surface area contributed by atoms with Gasteiger partial charge in [0.25, 0.3) is 0 Å². The number of hydrogen-bond donors (Lipinski definition) is 1. The number of amides is 1. The first-order valence-electron chi connectivity index (χ1n) is 14.5. The zero-order valence-corrected chi connectivity index (χ0v) is 22.4. The number of furan rings is 1. The van der Waals surface area contributed by atoms with Crippen LogP contribution in [0.25, 0.3) is 11.0 Å². The number of alkyl halides is 1. The summed E-state index contributed by atoms with van der Waals surface area (Å²) in [6.07, 6.45) is 10.3. The molecule has 0 spiro atoms. The first kappa shape index (κ1) is 26.9. The lowest BCUT2D eigenvalue weighted by atomic mass is 9.74. The summed E-state index contributed by atoms with van der Waals surface area (Å²) in [6.45, 7) is 2.29. The number of carbonyl (C=O) groups excluding carboxylic acids is 2. The molecule has 0 radical (unpaired) electrons. The van der Waals surface area contributed by atoms with Gasteiger partial charge in [0.2, 0.25) is 11.7 Å². The van der Waals surface area contributed by atoms with Crippen molar-refractivity contribution >= 4 is 28.6 Å². The van der Waals surface area contributed by atoms with Crippen LogP contribution >= 0.6 is 0 Å². The molecule has 3 aliphatic rings. The maximum atomic E-state index is 13.9. The lowest BCUT2D eigenvalue weighted by Crippen LogP contribution is -2.48. The smallest absolute Gasteiger partial charge is 0.371 e. The van der Waals surface area contributed by atoms with Crippen molar-refractivity contribution in [3.8, 4) is 0 Å². The van der Waals surface area contributed by atoms with Gasteiger partial charge < -0.3 is 14.4 Å². The Morgan fingerprint density at radius 2 is 1.76 bits per heavy atom. The van der Waals surface area contributed by atoms with Gasteiger partial charge in [0.15, 0.2) is 5.78 Å². The number of fused-ring (bicyclic) bond motifs is 1. The minimum atomic E-state index is -1.12. The molecule has 5 rings (SSSR count). The van der Waals surface area contributed by atoms with E-state index in [4.69, 9.17) is 4.42 Å². The van der Waals surface area contributed by atoms with E-state index in [0.717, 1.165) is 50.5 Å². The van der Waals surface area contributed by atoms with Crippen molar-refractivity contribution in [2.24, 2.45) is 29.6 Å². The molecule has 1 aromatic heterocycles. The number of carboxylic acid groups (broad SMARTS) is 1. The number of carbonyl (C=O) groups is 3. The largest absolute Gasteiger partial charge is 0.475 e. The van der Waals surface area contributed by atoms with Gasteiger partial charge in [-0.15, -0.1) is 0 Å². The van der Waals surface area contributed by atoms with Gasteiger partial charge in [0.1, 0.15) is 5.58 Å². The van der Waals surface area contributed by atoms with Crippen molar-refractivity contribution in [2.45, 2.75) is 83.6 Å². The maximum Gasteiger partial charge on any atom is 0.371 e. The van der Waals surface area contributed by atoms with Crippen LogP contribution in [0.5, 0.6) is 0 Å². The average Bonchev–Trinajstić information content (AvgIpc) is 3.58. The SMILES string of the molecule is C[C@H](CF)C1CCC(C(=O)N2CC[C@@H](C3CCCCC3)[C@H]2C(=O)Cc2ccc3oc(C(=O)O)cc3c2)CC1. The molecule has 1 aliphatic heterocycles. The third kappa shape index (κ3) is 5.52. The van der Waals surface area contributed by atoms with E-state index in [9.17, 15) is 23.9 Å². The molecular formula is C31H40FNO5. The second kappa shape index (κ2) is 11.6. The molecule has 38 heavy (non-hydrogen) atoms. The van der Waals surface area contributed by atoms with Crippen molar-refractivity contribution in [3.05, 3.63) is 35.6 Å². The number of benzene rings is 1. The van der Waals surface area contributed by atoms with Gasteiger partial charge in [-0.05, 0) is 79.5 Å². The molecule has 0 unspecified atom stereocenters. The number of carboxylic acids is 1. The first-order valence-corrected chi connectivity index (χ1v) is 14.5. The van der Waals surface area contributed by atoms with Crippen LogP contribution < -0.4 is 0 Å². The second-order valence-electron chi connectivity index (χ2n) is 12.0. The molecule has 6 nitrogen and oxygen atoms in total. The minimum Gasteiger partial charge on any atom is -0.475 e. The Morgan fingerprint density at radius 3 is 2.45 bits per heavy atom. The highest BCUT2D eigenvalue weighted by molar-refractivity contribution is 5.94. The molecule has 1 aromatic carbocycles. The van der Waals surface area contributed by atoms with Crippen LogP contribution in [0.1, 0.15) is 87.3 Å². The van der Waals surface area contributed by atoms with E-state index in [2.05, 4.69) is 0 Å². The summed E-state index contributed by atoms with van der Waals surface area (Å²) in [5.41, 5.74) is 1.29. The molecule has 3 fully saturated rings. The Morgan fingerprint density at radius 1 is 1.03 bits per heavy atom. The summed E-state index contributed by atoms with van der Waals surface area (Å²) >= 11 is 0. The van der Waals surface area contributed by atoms with Crippen molar-refractivity contribution < 1.29 is 28.3 Å². The van der Waals surface area contributed by atoms with E-state index in [-0.39, 0.29) is 48.3 Å². The molecule has 1 amide bonds. The Bertz CT molecular complexity index is 1160. The number of ketones is 1. The molecule has 2 aliphatic carbocycles. The standard InChI is InChI=1S/C31H40FNO5/c1-19(18-32)21-8-10-23(11-9-21)30(35)33-14-13-25(22-5-3-2-4-6-22)29(33)26(34)16-20-7-12-27-24(15-20)17-28(38-27)31(36)37/h7,12,15,17,19,21-23,25,29H,2-6,8-11,13-14,16,18H2,1H3,(H,36,37)/t19-,21?,23?,25+,29+/m1/s1. The highest BCUT2D eigenvalue weighted by atomic mass is 19.1. The summed E-state index contributed by atoms with van der Waals surface area (Å²) in [5.74, 6) is -0.0629. The van der Waals surface area contributed by atoms with Gasteiger partial charge in [-0.3, -0.25) is 14.0 Å². The number of aromatic carboxylic acids is 1. The molecule has 0 bridgehead atoms. The van der Waals surface area contributed by atoms with Crippen LogP contribution in [0.4, 0.5) is 4.39 Å². The normalized spacial score (nSPS) is 27.5. The van der Waals surface area contributed by atoms with Crippen LogP contribution in [0.2, 0.25) is 0 Å². The van der Waals surface area contributed by atoms with E-state index in [1.807, 2.05) is 24.0 Å². The Kier molecular flexibility index (Phi) is 8.20. The highest BCUT2D eigenvalue weighted by Crippen LogP contribution is 2.42. The van der Waals surface area contributed by atoms with Gasteiger partial charge in [-0.1, -0.05) is 45.1 Å². The zero-order valence-electron chi connectivity index (χ0n) is 22.4. The monoisotopic (exact) mass is 525 g/mol. The van der Waals surface area contributed by atoms with Crippen LogP contribution in [0.3, 0.4) is 0 Å². The number of halogens is 1. The molecule has 7 heteroatoms. The van der Waals surface area contributed by atoms with Crippen molar-refractivity contribution in [1.82, 2.24) is 4.90 Å². The third-order valence-electron chi connectivity index (χ3n) is 9.65. The quantitative estimate of drug-likeness (QED) is 0.428. The molecule has 1 N–H and O–H groups in total. The number of rotatable bonds is 8. The molecule has 2 aromatic rings. The summed E-state index contributed by atoms with van der Waals surface area (Å²) < 4.78 is 18.6. The molecule has 2 heterocycles.